The highest BCUT2D eigenvalue weighted by Crippen LogP contribution is 2.30. The van der Waals surface area contributed by atoms with E-state index in [2.05, 4.69) is 5.32 Å². The summed E-state index contributed by atoms with van der Waals surface area (Å²) in [4.78, 5) is 32.7. The predicted molar refractivity (Wildman–Crippen MR) is 136 cm³/mol. The molecular weight excluding hydrogens is 446 g/mol. The van der Waals surface area contributed by atoms with Gasteiger partial charge in [-0.25, -0.2) is 4.98 Å². The molecule has 1 aliphatic rings. The normalized spacial score (nSPS) is 13.3. The molecule has 1 saturated heterocycles. The molecule has 0 radical (unpaired) electrons. The maximum absolute atomic E-state index is 13.4. The average Bonchev–Trinajstić information content (AvgIpc) is 3.41. The standard InChI is InChI=1S/C28H24ClN3O2/c1-18-24(29)14-13-22-23(17-25(31-26(18)22)19-7-3-2-4-8-19)27(33)30-21-11-9-20(10-12-21)28(34)32-15-5-6-16-32/h2-4,7-14,17H,5-6,15-16H2,1H3,(H,30,33). The van der Waals surface area contributed by atoms with Crippen molar-refractivity contribution >= 4 is 40.0 Å². The molecule has 0 spiro atoms. The lowest BCUT2D eigenvalue weighted by Gasteiger charge is -2.15. The summed E-state index contributed by atoms with van der Waals surface area (Å²) < 4.78 is 0. The summed E-state index contributed by atoms with van der Waals surface area (Å²) in [6, 6.07) is 22.3. The van der Waals surface area contributed by atoms with Crippen LogP contribution in [0.1, 0.15) is 39.1 Å². The van der Waals surface area contributed by atoms with E-state index in [9.17, 15) is 9.59 Å². The van der Waals surface area contributed by atoms with Crippen LogP contribution in [0.15, 0.2) is 72.8 Å². The van der Waals surface area contributed by atoms with Crippen LogP contribution in [-0.2, 0) is 0 Å². The SMILES string of the molecule is Cc1c(Cl)ccc2c(C(=O)Nc3ccc(C(=O)N4CCCC4)cc3)cc(-c3ccccc3)nc12. The number of rotatable bonds is 4. The van der Waals surface area contributed by atoms with Gasteiger partial charge in [0.05, 0.1) is 16.8 Å². The van der Waals surface area contributed by atoms with Gasteiger partial charge in [-0.1, -0.05) is 48.0 Å². The maximum atomic E-state index is 13.4. The largest absolute Gasteiger partial charge is 0.339 e. The summed E-state index contributed by atoms with van der Waals surface area (Å²) in [5, 5.41) is 4.32. The van der Waals surface area contributed by atoms with Gasteiger partial charge in [-0.2, -0.15) is 0 Å². The van der Waals surface area contributed by atoms with Crippen molar-refractivity contribution in [3.05, 3.63) is 94.5 Å². The first kappa shape index (κ1) is 22.1. The van der Waals surface area contributed by atoms with Crippen molar-refractivity contribution in [3.8, 4) is 11.3 Å². The number of hydrogen-bond acceptors (Lipinski definition) is 3. The molecule has 0 atom stereocenters. The molecule has 34 heavy (non-hydrogen) atoms. The molecule has 0 aliphatic carbocycles. The number of likely N-dealkylation sites (tertiary alicyclic amines) is 1. The third-order valence-corrected chi connectivity index (χ3v) is 6.68. The fourth-order valence-electron chi connectivity index (χ4n) is 4.35. The van der Waals surface area contributed by atoms with E-state index >= 15 is 0 Å². The van der Waals surface area contributed by atoms with E-state index < -0.39 is 0 Å². The van der Waals surface area contributed by atoms with E-state index in [1.165, 1.54) is 0 Å². The number of hydrogen-bond donors (Lipinski definition) is 1. The molecule has 5 rings (SSSR count). The Labute approximate surface area is 203 Å². The molecule has 1 aliphatic heterocycles. The quantitative estimate of drug-likeness (QED) is 0.378. The number of benzene rings is 3. The van der Waals surface area contributed by atoms with E-state index in [1.54, 1.807) is 30.3 Å². The lowest BCUT2D eigenvalue weighted by Crippen LogP contribution is -2.27. The minimum atomic E-state index is -0.245. The Hall–Kier alpha value is -3.70. The van der Waals surface area contributed by atoms with E-state index in [1.807, 2.05) is 54.3 Å². The van der Waals surface area contributed by atoms with Crippen molar-refractivity contribution in [1.29, 1.82) is 0 Å². The molecule has 2 amide bonds. The number of carbonyl (C=O) groups is 2. The zero-order chi connectivity index (χ0) is 23.7. The molecule has 2 heterocycles. The van der Waals surface area contributed by atoms with E-state index in [-0.39, 0.29) is 11.8 Å². The van der Waals surface area contributed by atoms with Crippen molar-refractivity contribution in [2.45, 2.75) is 19.8 Å². The Morgan fingerprint density at radius 1 is 0.941 bits per heavy atom. The topological polar surface area (TPSA) is 62.3 Å². The summed E-state index contributed by atoms with van der Waals surface area (Å²) in [5.41, 5.74) is 4.92. The molecule has 6 heteroatoms. The molecule has 3 aromatic carbocycles. The molecule has 4 aromatic rings. The van der Waals surface area contributed by atoms with Crippen LogP contribution in [0.2, 0.25) is 5.02 Å². The van der Waals surface area contributed by atoms with Crippen LogP contribution in [0.3, 0.4) is 0 Å². The van der Waals surface area contributed by atoms with Crippen LogP contribution < -0.4 is 5.32 Å². The number of pyridine rings is 1. The number of aryl methyl sites for hydroxylation is 1. The van der Waals surface area contributed by atoms with Gasteiger partial charge in [-0.3, -0.25) is 9.59 Å². The van der Waals surface area contributed by atoms with Gasteiger partial charge in [0.15, 0.2) is 0 Å². The van der Waals surface area contributed by atoms with Gasteiger partial charge in [-0.05, 0) is 61.7 Å². The number of halogens is 1. The lowest BCUT2D eigenvalue weighted by atomic mass is 10.0. The molecule has 170 valence electrons. The smallest absolute Gasteiger partial charge is 0.256 e. The fourth-order valence-corrected chi connectivity index (χ4v) is 4.50. The highest BCUT2D eigenvalue weighted by Gasteiger charge is 2.20. The molecule has 0 saturated carbocycles. The van der Waals surface area contributed by atoms with Gasteiger partial charge in [0, 0.05) is 40.3 Å². The number of nitrogens with one attached hydrogen (secondary N) is 1. The third-order valence-electron chi connectivity index (χ3n) is 6.27. The van der Waals surface area contributed by atoms with Crippen LogP contribution in [0.5, 0.6) is 0 Å². The van der Waals surface area contributed by atoms with Crippen molar-refractivity contribution < 1.29 is 9.59 Å². The highest BCUT2D eigenvalue weighted by atomic mass is 35.5. The monoisotopic (exact) mass is 469 g/mol. The Bertz CT molecular complexity index is 1380. The summed E-state index contributed by atoms with van der Waals surface area (Å²) >= 11 is 6.36. The van der Waals surface area contributed by atoms with Crippen LogP contribution in [0.25, 0.3) is 22.2 Å². The zero-order valence-corrected chi connectivity index (χ0v) is 19.6. The highest BCUT2D eigenvalue weighted by molar-refractivity contribution is 6.32. The summed E-state index contributed by atoms with van der Waals surface area (Å²) in [6.07, 6.45) is 2.10. The number of anilines is 1. The first-order valence-corrected chi connectivity index (χ1v) is 11.7. The van der Waals surface area contributed by atoms with Crippen molar-refractivity contribution in [1.82, 2.24) is 9.88 Å². The first-order chi connectivity index (χ1) is 16.5. The summed E-state index contributed by atoms with van der Waals surface area (Å²) in [5.74, 6) is -0.208. The number of amides is 2. The fraction of sp³-hybridized carbons (Fsp3) is 0.179. The number of aromatic nitrogens is 1. The Morgan fingerprint density at radius 3 is 2.35 bits per heavy atom. The lowest BCUT2D eigenvalue weighted by molar-refractivity contribution is 0.0792. The third kappa shape index (κ3) is 4.27. The number of nitrogens with zero attached hydrogens (tertiary/aromatic N) is 2. The van der Waals surface area contributed by atoms with Gasteiger partial charge in [0.1, 0.15) is 0 Å². The van der Waals surface area contributed by atoms with Gasteiger partial charge < -0.3 is 10.2 Å². The minimum Gasteiger partial charge on any atom is -0.339 e. The van der Waals surface area contributed by atoms with Crippen LogP contribution >= 0.6 is 11.6 Å². The second-order valence-corrected chi connectivity index (χ2v) is 8.93. The van der Waals surface area contributed by atoms with Crippen LogP contribution in [-0.4, -0.2) is 34.8 Å². The van der Waals surface area contributed by atoms with Gasteiger partial charge >= 0.3 is 0 Å². The zero-order valence-electron chi connectivity index (χ0n) is 18.8. The van der Waals surface area contributed by atoms with Crippen molar-refractivity contribution in [2.75, 3.05) is 18.4 Å². The number of carbonyl (C=O) groups excluding carboxylic acids is 2. The van der Waals surface area contributed by atoms with Crippen LogP contribution in [0.4, 0.5) is 5.69 Å². The van der Waals surface area contributed by atoms with Crippen molar-refractivity contribution in [3.63, 3.8) is 0 Å². The molecule has 0 bridgehead atoms. The second-order valence-electron chi connectivity index (χ2n) is 8.52. The van der Waals surface area contributed by atoms with Crippen molar-refractivity contribution in [2.24, 2.45) is 0 Å². The Balaban J connectivity index is 1.48. The molecule has 5 nitrogen and oxygen atoms in total. The molecule has 1 fully saturated rings. The molecular formula is C28H24ClN3O2. The molecule has 0 unspecified atom stereocenters. The summed E-state index contributed by atoms with van der Waals surface area (Å²) in [7, 11) is 0. The van der Waals surface area contributed by atoms with Gasteiger partial charge in [0.25, 0.3) is 11.8 Å². The van der Waals surface area contributed by atoms with E-state index in [0.29, 0.717) is 33.0 Å². The minimum absolute atomic E-state index is 0.0374. The average molecular weight is 470 g/mol. The van der Waals surface area contributed by atoms with Gasteiger partial charge in [-0.15, -0.1) is 0 Å². The second kappa shape index (κ2) is 9.27. The molecule has 1 N–H and O–H groups in total. The maximum Gasteiger partial charge on any atom is 0.256 e. The van der Waals surface area contributed by atoms with Crippen LogP contribution in [0, 0.1) is 6.92 Å². The molecule has 1 aromatic heterocycles. The number of fused-ring (bicyclic) bond motifs is 1. The van der Waals surface area contributed by atoms with E-state index in [4.69, 9.17) is 16.6 Å². The van der Waals surface area contributed by atoms with E-state index in [0.717, 1.165) is 42.4 Å². The predicted octanol–water partition coefficient (Wildman–Crippen LogP) is 6.35. The Morgan fingerprint density at radius 2 is 1.65 bits per heavy atom. The first-order valence-electron chi connectivity index (χ1n) is 11.4. The van der Waals surface area contributed by atoms with Gasteiger partial charge in [0.2, 0.25) is 0 Å². The summed E-state index contributed by atoms with van der Waals surface area (Å²) in [6.45, 7) is 3.52. The Kier molecular flexibility index (Phi) is 6.03.